The zero-order valence-corrected chi connectivity index (χ0v) is 67.3. The lowest BCUT2D eigenvalue weighted by Gasteiger charge is -2.34. The molecule has 3 heterocycles. The standard InChI is InChI=1S/C82H121N9O22/c1-58-45-66(89(54-58)57-92)52-85-68-50-73(71(100-6)47-61(68)4)111-27-15-12-16-28-112-74-51-69-67(49-72(74)101-7)80(98)90-55-59(2)46-70(90)81(102-8)91(69)82(99)113-56-63-19-21-65(22-20-63)88-79(97)62(5)87-78(96)53-86-76(94)24-29-103-31-33-105-35-37-107-39-41-109-43-44-110-42-40-108-38-36-106-34-32-104-30-26-84-75(93)23-25-83-77(95)48-60(3)64-17-13-10-9-11-14-18-64/h19-22,47,49-52,54-55,57,60,62,64,66,70,81H,9-18,23-46,48,53,56H2,1-8H3,(H,83,95)(H,84,93)(H,86,94)(H,87,96)(H,88,97)/t60?,62-,66?,70+,81-/m0/s1. The van der Waals surface area contributed by atoms with Gasteiger partial charge in [0.2, 0.25) is 35.9 Å². The van der Waals surface area contributed by atoms with Crippen molar-refractivity contribution in [2.45, 2.75) is 162 Å². The molecule has 3 aliphatic heterocycles. The molecule has 113 heavy (non-hydrogen) atoms. The third-order valence-corrected chi connectivity index (χ3v) is 19.4. The minimum absolute atomic E-state index is 0.00721. The number of carbonyl (C=O) groups excluding carboxylic acids is 8. The van der Waals surface area contributed by atoms with Crippen molar-refractivity contribution in [3.05, 3.63) is 88.8 Å². The van der Waals surface area contributed by atoms with Gasteiger partial charge >= 0.3 is 6.09 Å². The number of hydrogen-bond acceptors (Lipinski definition) is 23. The molecule has 4 aliphatic rings. The third kappa shape index (κ3) is 32.6. The third-order valence-electron chi connectivity index (χ3n) is 19.4. The van der Waals surface area contributed by atoms with Gasteiger partial charge in [-0.1, -0.05) is 75.1 Å². The Hall–Kier alpha value is -8.79. The zero-order valence-electron chi connectivity index (χ0n) is 67.3. The molecule has 0 radical (unpaired) electrons. The molecule has 31 nitrogen and oxygen atoms in total. The molecule has 1 aliphatic carbocycles. The van der Waals surface area contributed by atoms with E-state index in [0.29, 0.717) is 196 Å². The Bertz CT molecular complexity index is 3540. The predicted octanol–water partition coefficient (Wildman–Crippen LogP) is 8.82. The van der Waals surface area contributed by atoms with Crippen molar-refractivity contribution in [1.29, 1.82) is 0 Å². The Balaban J connectivity index is 0.672. The maximum Gasteiger partial charge on any atom is 0.416 e. The molecule has 8 amide bonds. The van der Waals surface area contributed by atoms with Gasteiger partial charge in [-0.3, -0.25) is 38.6 Å². The molecule has 5 N–H and O–H groups in total. The van der Waals surface area contributed by atoms with Gasteiger partial charge in [-0.15, -0.1) is 0 Å². The number of nitrogens with one attached hydrogen (secondary N) is 5. The largest absolute Gasteiger partial charge is 0.493 e. The molecular formula is C82H121N9O22. The van der Waals surface area contributed by atoms with E-state index >= 15 is 0 Å². The van der Waals surface area contributed by atoms with E-state index in [9.17, 15) is 38.4 Å². The highest BCUT2D eigenvalue weighted by atomic mass is 16.6. The van der Waals surface area contributed by atoms with E-state index in [0.717, 1.165) is 29.5 Å². The van der Waals surface area contributed by atoms with E-state index in [1.54, 1.807) is 65.7 Å². The fourth-order valence-electron chi connectivity index (χ4n) is 13.3. The first-order chi connectivity index (χ1) is 54.9. The van der Waals surface area contributed by atoms with Gasteiger partial charge in [0.25, 0.3) is 5.91 Å². The molecule has 31 heteroatoms. The van der Waals surface area contributed by atoms with Crippen LogP contribution in [0.1, 0.15) is 145 Å². The molecule has 5 atom stereocenters. The summed E-state index contributed by atoms with van der Waals surface area (Å²) in [5.74, 6) is 0.747. The number of benzene rings is 3. The molecule has 1 fully saturated rings. The molecule has 0 spiro atoms. The second-order valence-electron chi connectivity index (χ2n) is 28.3. The summed E-state index contributed by atoms with van der Waals surface area (Å²) < 4.78 is 80.1. The van der Waals surface area contributed by atoms with E-state index in [2.05, 4.69) is 33.5 Å². The summed E-state index contributed by atoms with van der Waals surface area (Å²) >= 11 is 0. The lowest BCUT2D eigenvalue weighted by Crippen LogP contribution is -2.51. The van der Waals surface area contributed by atoms with Gasteiger partial charge in [0.05, 0.1) is 169 Å². The van der Waals surface area contributed by atoms with Crippen molar-refractivity contribution in [3.8, 4) is 23.0 Å². The van der Waals surface area contributed by atoms with Crippen LogP contribution in [-0.2, 0) is 82.7 Å². The van der Waals surface area contributed by atoms with Crippen LogP contribution in [0.15, 0.2) is 77.1 Å². The number of aryl methyl sites for hydroxylation is 1. The summed E-state index contributed by atoms with van der Waals surface area (Å²) in [5.41, 5.74) is 4.99. The van der Waals surface area contributed by atoms with Crippen molar-refractivity contribution >= 4 is 71.2 Å². The quantitative estimate of drug-likeness (QED) is 0.0200. The number of fused-ring (bicyclic) bond motifs is 2. The minimum atomic E-state index is -0.968. The predicted molar refractivity (Wildman–Crippen MR) is 423 cm³/mol. The number of anilines is 2. The van der Waals surface area contributed by atoms with E-state index in [1.165, 1.54) is 71.0 Å². The second-order valence-corrected chi connectivity index (χ2v) is 28.3. The Kier molecular flexibility index (Phi) is 41.9. The molecule has 0 bridgehead atoms. The number of nitrogens with zero attached hydrogens (tertiary/aromatic N) is 4. The molecule has 3 aromatic carbocycles. The van der Waals surface area contributed by atoms with Gasteiger partial charge in [0.1, 0.15) is 12.6 Å². The summed E-state index contributed by atoms with van der Waals surface area (Å²) in [4.78, 5) is 113. The Morgan fingerprint density at radius 3 is 1.72 bits per heavy atom. The van der Waals surface area contributed by atoms with Gasteiger partial charge in [0.15, 0.2) is 29.2 Å². The zero-order chi connectivity index (χ0) is 81.0. The van der Waals surface area contributed by atoms with Gasteiger partial charge in [-0.2, -0.15) is 0 Å². The van der Waals surface area contributed by atoms with Gasteiger partial charge < -0.3 is 103 Å². The number of carbonyl (C=O) groups is 8. The van der Waals surface area contributed by atoms with Gasteiger partial charge in [-0.05, 0) is 107 Å². The molecule has 0 saturated heterocycles. The van der Waals surface area contributed by atoms with Gasteiger partial charge in [0, 0.05) is 75.9 Å². The summed E-state index contributed by atoms with van der Waals surface area (Å²) in [7, 11) is 4.53. The lowest BCUT2D eigenvalue weighted by molar-refractivity contribution is -0.128. The van der Waals surface area contributed by atoms with Crippen molar-refractivity contribution < 1.29 is 105 Å². The van der Waals surface area contributed by atoms with Crippen molar-refractivity contribution in [2.75, 3.05) is 170 Å². The first-order valence-electron chi connectivity index (χ1n) is 39.6. The number of rotatable bonds is 54. The van der Waals surface area contributed by atoms with E-state index < -0.39 is 42.1 Å². The van der Waals surface area contributed by atoms with E-state index in [-0.39, 0.29) is 80.8 Å². The van der Waals surface area contributed by atoms with E-state index in [4.69, 9.17) is 71.3 Å². The molecular weight excluding hydrogens is 1460 g/mol. The molecule has 0 aromatic heterocycles. The average Bonchev–Trinajstić information content (AvgIpc) is 1.65. The van der Waals surface area contributed by atoms with Crippen LogP contribution < -0.4 is 50.4 Å². The normalized spacial score (nSPS) is 16.9. The Labute approximate surface area is 664 Å². The van der Waals surface area contributed by atoms with Gasteiger partial charge in [-0.25, -0.2) is 9.69 Å². The van der Waals surface area contributed by atoms with Crippen LogP contribution in [0.5, 0.6) is 23.0 Å². The van der Waals surface area contributed by atoms with Crippen LogP contribution in [0.3, 0.4) is 0 Å². The Morgan fingerprint density at radius 2 is 1.12 bits per heavy atom. The first kappa shape index (κ1) is 91.4. The van der Waals surface area contributed by atoms with E-state index in [1.807, 2.05) is 39.1 Å². The summed E-state index contributed by atoms with van der Waals surface area (Å²) in [6, 6.07) is 11.8. The maximum absolute atomic E-state index is 14.5. The minimum Gasteiger partial charge on any atom is -0.493 e. The second kappa shape index (κ2) is 51.8. The highest BCUT2D eigenvalue weighted by Gasteiger charge is 2.46. The fourth-order valence-corrected chi connectivity index (χ4v) is 13.3. The topological polar surface area (TPSA) is 348 Å². The first-order valence-corrected chi connectivity index (χ1v) is 39.6. The summed E-state index contributed by atoms with van der Waals surface area (Å²) in [5, 5.41) is 13.6. The van der Waals surface area contributed by atoms with Crippen molar-refractivity contribution in [1.82, 2.24) is 31.1 Å². The smallest absolute Gasteiger partial charge is 0.416 e. The highest BCUT2D eigenvalue weighted by molar-refractivity contribution is 6.06. The van der Waals surface area contributed by atoms with Crippen LogP contribution in [0.25, 0.3) is 0 Å². The van der Waals surface area contributed by atoms with Crippen LogP contribution in [0.2, 0.25) is 0 Å². The molecule has 1 saturated carbocycles. The number of methoxy groups -OCH3 is 3. The van der Waals surface area contributed by atoms with Crippen molar-refractivity contribution in [3.63, 3.8) is 0 Å². The lowest BCUT2D eigenvalue weighted by atomic mass is 9.81. The number of hydrogen-bond donors (Lipinski definition) is 5. The number of aliphatic imine (C=N–C) groups is 1. The maximum atomic E-state index is 14.5. The number of amides is 8. The van der Waals surface area contributed by atoms with Crippen LogP contribution in [0.4, 0.5) is 21.9 Å². The summed E-state index contributed by atoms with van der Waals surface area (Å²) in [6.07, 6.45) is 17.2. The SMILES string of the molecule is COc1cc(C)c(N=CC2CC(C)=CN2C=O)cc1OCCCCCOc1cc2c(cc1OC)C(=O)N1C=C(C)C[C@@H]1[C@H](OC)N2C(=O)OCc1ccc(NC(=O)[C@H](C)NC(=O)CNC(=O)CCOCCOCCOCCOCCOCCOCCOCCOCCNC(=O)CCNC(=O)CC(C)C2CCCCCCC2)cc1. The van der Waals surface area contributed by atoms with Crippen LogP contribution >= 0.6 is 0 Å². The average molecular weight is 1580 g/mol. The molecule has 626 valence electrons. The number of ether oxygens (including phenoxy) is 14. The highest BCUT2D eigenvalue weighted by Crippen LogP contribution is 2.43. The summed E-state index contributed by atoms with van der Waals surface area (Å²) in [6.45, 7) is 16.2. The van der Waals surface area contributed by atoms with Crippen LogP contribution in [0, 0.1) is 18.8 Å². The molecule has 3 aromatic rings. The Morgan fingerprint density at radius 1 is 0.575 bits per heavy atom. The molecule has 7 rings (SSSR count). The molecule has 2 unspecified atom stereocenters. The van der Waals surface area contributed by atoms with Crippen molar-refractivity contribution in [2.24, 2.45) is 16.8 Å². The van der Waals surface area contributed by atoms with Crippen LogP contribution in [-0.4, -0.2) is 248 Å². The number of unbranched alkanes of at least 4 members (excludes halogenated alkanes) is 2. The monoisotopic (exact) mass is 1580 g/mol. The fraction of sp³-hybridized carbons (Fsp3) is 0.622.